The van der Waals surface area contributed by atoms with E-state index in [4.69, 9.17) is 0 Å². The quantitative estimate of drug-likeness (QED) is 0.653. The van der Waals surface area contributed by atoms with Crippen LogP contribution in [0.5, 0.6) is 0 Å². The zero-order chi connectivity index (χ0) is 10.1. The van der Waals surface area contributed by atoms with Crippen LogP contribution in [0, 0.1) is 5.92 Å². The van der Waals surface area contributed by atoms with E-state index in [2.05, 4.69) is 25.7 Å². The Morgan fingerprint density at radius 1 is 1.54 bits per heavy atom. The summed E-state index contributed by atoms with van der Waals surface area (Å²) >= 11 is 0. The number of nitrogens with zero attached hydrogens (tertiary/aromatic N) is 1. The molecule has 0 amide bonds. The number of rotatable bonds is 2. The van der Waals surface area contributed by atoms with Gasteiger partial charge >= 0.3 is 0 Å². The highest BCUT2D eigenvalue weighted by atomic mass is 16.1. The summed E-state index contributed by atoms with van der Waals surface area (Å²) in [7, 11) is 0. The lowest BCUT2D eigenvalue weighted by Crippen LogP contribution is -2.50. The monoisotopic (exact) mass is 183 g/mol. The van der Waals surface area contributed by atoms with Crippen molar-refractivity contribution in [2.75, 3.05) is 13.1 Å². The number of Topliss-reactive ketones (excluding diaryl/α,β-unsaturated/α-hetero) is 1. The van der Waals surface area contributed by atoms with Gasteiger partial charge in [0.25, 0.3) is 0 Å². The summed E-state index contributed by atoms with van der Waals surface area (Å²) in [5.74, 6) is 0.669. The summed E-state index contributed by atoms with van der Waals surface area (Å²) < 4.78 is 0. The van der Waals surface area contributed by atoms with Gasteiger partial charge in [-0.25, -0.2) is 0 Å². The number of hydrogen-bond acceptors (Lipinski definition) is 2. The van der Waals surface area contributed by atoms with E-state index in [-0.39, 0.29) is 11.5 Å². The SMILES string of the molecule is CCC(C)(C)N1CCC(=O)C(C)C1. The molecule has 1 unspecified atom stereocenters. The Hall–Kier alpha value is -0.370. The van der Waals surface area contributed by atoms with Gasteiger partial charge in [0.15, 0.2) is 0 Å². The van der Waals surface area contributed by atoms with Crippen molar-refractivity contribution < 1.29 is 4.79 Å². The van der Waals surface area contributed by atoms with Crippen LogP contribution in [0.1, 0.15) is 40.5 Å². The molecule has 1 aliphatic rings. The Morgan fingerprint density at radius 2 is 2.15 bits per heavy atom. The van der Waals surface area contributed by atoms with Crippen molar-refractivity contribution in [3.05, 3.63) is 0 Å². The van der Waals surface area contributed by atoms with Gasteiger partial charge in [-0.1, -0.05) is 13.8 Å². The molecule has 0 saturated carbocycles. The topological polar surface area (TPSA) is 20.3 Å². The molecule has 0 aromatic carbocycles. The minimum absolute atomic E-state index is 0.236. The minimum Gasteiger partial charge on any atom is -0.299 e. The van der Waals surface area contributed by atoms with E-state index in [1.807, 2.05) is 6.92 Å². The minimum atomic E-state index is 0.236. The first-order valence-electron chi connectivity index (χ1n) is 5.25. The van der Waals surface area contributed by atoms with E-state index in [0.717, 1.165) is 25.9 Å². The van der Waals surface area contributed by atoms with Crippen LogP contribution in [0.3, 0.4) is 0 Å². The second-order valence-corrected chi connectivity index (χ2v) is 4.73. The number of carbonyl (C=O) groups excluding carboxylic acids is 1. The van der Waals surface area contributed by atoms with Gasteiger partial charge in [0, 0.05) is 31.0 Å². The third-order valence-electron chi connectivity index (χ3n) is 3.39. The normalized spacial score (nSPS) is 26.5. The Kier molecular flexibility index (Phi) is 3.12. The van der Waals surface area contributed by atoms with Crippen LogP contribution in [0.15, 0.2) is 0 Å². The molecule has 1 aliphatic heterocycles. The molecule has 0 bridgehead atoms. The van der Waals surface area contributed by atoms with E-state index in [0.29, 0.717) is 5.78 Å². The zero-order valence-corrected chi connectivity index (χ0v) is 9.26. The van der Waals surface area contributed by atoms with Gasteiger partial charge in [-0.3, -0.25) is 9.69 Å². The van der Waals surface area contributed by atoms with Gasteiger partial charge in [0.1, 0.15) is 5.78 Å². The lowest BCUT2D eigenvalue weighted by molar-refractivity contribution is -0.127. The summed E-state index contributed by atoms with van der Waals surface area (Å²) in [4.78, 5) is 13.8. The van der Waals surface area contributed by atoms with E-state index in [1.54, 1.807) is 0 Å². The second kappa shape index (κ2) is 3.79. The molecule has 0 aromatic rings. The van der Waals surface area contributed by atoms with Crippen LogP contribution in [0.2, 0.25) is 0 Å². The van der Waals surface area contributed by atoms with E-state index in [9.17, 15) is 4.79 Å². The van der Waals surface area contributed by atoms with E-state index < -0.39 is 0 Å². The molecule has 0 radical (unpaired) electrons. The van der Waals surface area contributed by atoms with Gasteiger partial charge in [-0.15, -0.1) is 0 Å². The Balaban J connectivity index is 2.60. The highest BCUT2D eigenvalue weighted by molar-refractivity contribution is 5.81. The molecule has 1 atom stereocenters. The zero-order valence-electron chi connectivity index (χ0n) is 9.26. The van der Waals surface area contributed by atoms with Gasteiger partial charge < -0.3 is 0 Å². The van der Waals surface area contributed by atoms with Crippen molar-refractivity contribution >= 4 is 5.78 Å². The summed E-state index contributed by atoms with van der Waals surface area (Å²) in [5.41, 5.74) is 0.259. The van der Waals surface area contributed by atoms with E-state index in [1.165, 1.54) is 0 Å². The van der Waals surface area contributed by atoms with Crippen molar-refractivity contribution in [1.29, 1.82) is 0 Å². The molecule has 1 fully saturated rings. The molecule has 0 N–H and O–H groups in total. The smallest absolute Gasteiger partial charge is 0.138 e. The molecular formula is C11H21NO. The highest BCUT2D eigenvalue weighted by Gasteiger charge is 2.31. The highest BCUT2D eigenvalue weighted by Crippen LogP contribution is 2.24. The number of likely N-dealkylation sites (tertiary alicyclic amines) is 1. The predicted molar refractivity (Wildman–Crippen MR) is 54.7 cm³/mol. The maximum atomic E-state index is 11.3. The molecule has 1 rings (SSSR count). The molecule has 0 spiro atoms. The first kappa shape index (κ1) is 10.7. The van der Waals surface area contributed by atoms with Crippen molar-refractivity contribution in [3.8, 4) is 0 Å². The van der Waals surface area contributed by atoms with E-state index >= 15 is 0 Å². The third-order valence-corrected chi connectivity index (χ3v) is 3.39. The van der Waals surface area contributed by atoms with Gasteiger partial charge in [0.2, 0.25) is 0 Å². The maximum absolute atomic E-state index is 11.3. The molecule has 2 heteroatoms. The maximum Gasteiger partial charge on any atom is 0.138 e. The Bertz CT molecular complexity index is 198. The average molecular weight is 183 g/mol. The molecule has 2 nitrogen and oxygen atoms in total. The average Bonchev–Trinajstić information content (AvgIpc) is 2.09. The first-order chi connectivity index (χ1) is 5.97. The van der Waals surface area contributed by atoms with Crippen LogP contribution in [-0.4, -0.2) is 29.3 Å². The fraction of sp³-hybridized carbons (Fsp3) is 0.909. The standard InChI is InChI=1S/C11H21NO/c1-5-11(3,4)12-7-6-10(13)9(2)8-12/h9H,5-8H2,1-4H3. The van der Waals surface area contributed by atoms with Crippen molar-refractivity contribution in [2.24, 2.45) is 5.92 Å². The largest absolute Gasteiger partial charge is 0.299 e. The molecule has 1 saturated heterocycles. The molecule has 13 heavy (non-hydrogen) atoms. The van der Waals surface area contributed by atoms with Gasteiger partial charge in [0.05, 0.1) is 0 Å². The molecule has 1 heterocycles. The fourth-order valence-corrected chi connectivity index (χ4v) is 1.79. The number of hydrogen-bond donors (Lipinski definition) is 0. The number of ketones is 1. The van der Waals surface area contributed by atoms with Crippen LogP contribution < -0.4 is 0 Å². The summed E-state index contributed by atoms with van der Waals surface area (Å²) in [5, 5.41) is 0. The summed E-state index contributed by atoms with van der Waals surface area (Å²) in [6.45, 7) is 10.7. The van der Waals surface area contributed by atoms with Crippen LogP contribution in [0.25, 0.3) is 0 Å². The lowest BCUT2D eigenvalue weighted by atomic mass is 9.91. The van der Waals surface area contributed by atoms with Crippen molar-refractivity contribution in [1.82, 2.24) is 4.90 Å². The molecule has 0 aliphatic carbocycles. The first-order valence-corrected chi connectivity index (χ1v) is 5.25. The predicted octanol–water partition coefficient (Wildman–Crippen LogP) is 2.09. The lowest BCUT2D eigenvalue weighted by Gasteiger charge is -2.42. The van der Waals surface area contributed by atoms with Gasteiger partial charge in [-0.2, -0.15) is 0 Å². The molecular weight excluding hydrogens is 162 g/mol. The third kappa shape index (κ3) is 2.31. The Morgan fingerprint density at radius 3 is 2.62 bits per heavy atom. The molecule has 0 aromatic heterocycles. The number of piperidine rings is 1. The van der Waals surface area contributed by atoms with Crippen molar-refractivity contribution in [2.45, 2.75) is 46.1 Å². The summed E-state index contributed by atoms with van der Waals surface area (Å²) in [6.07, 6.45) is 1.89. The van der Waals surface area contributed by atoms with Crippen LogP contribution in [-0.2, 0) is 4.79 Å². The molecule has 76 valence electrons. The van der Waals surface area contributed by atoms with Crippen molar-refractivity contribution in [3.63, 3.8) is 0 Å². The van der Waals surface area contributed by atoms with Crippen LogP contribution in [0.4, 0.5) is 0 Å². The second-order valence-electron chi connectivity index (χ2n) is 4.73. The fourth-order valence-electron chi connectivity index (χ4n) is 1.79. The van der Waals surface area contributed by atoms with Gasteiger partial charge in [-0.05, 0) is 20.3 Å². The summed E-state index contributed by atoms with van der Waals surface area (Å²) in [6, 6.07) is 0. The number of carbonyl (C=O) groups is 1. The van der Waals surface area contributed by atoms with Crippen LogP contribution >= 0.6 is 0 Å². The Labute approximate surface area is 81.3 Å².